The van der Waals surface area contributed by atoms with Gasteiger partial charge in [0.25, 0.3) is 0 Å². The van der Waals surface area contributed by atoms with Crippen LogP contribution in [-0.4, -0.2) is 19.1 Å². The Morgan fingerprint density at radius 3 is 1.82 bits per heavy atom. The molecule has 5 nitrogen and oxygen atoms in total. The number of benzene rings is 9. The van der Waals surface area contributed by atoms with Crippen LogP contribution in [0.25, 0.3) is 122 Å². The van der Waals surface area contributed by atoms with Gasteiger partial charge in [0, 0.05) is 54.8 Å². The van der Waals surface area contributed by atoms with E-state index >= 15 is 0 Å². The Morgan fingerprint density at radius 2 is 1.00 bits per heavy atom. The molecule has 0 saturated heterocycles. The molecule has 0 radical (unpaired) electrons. The Kier molecular flexibility index (Phi) is 7.24. The molecule has 284 valence electrons. The second kappa shape index (κ2) is 13.1. The molecule has 9 aromatic carbocycles. The number of rotatable bonds is 5. The van der Waals surface area contributed by atoms with E-state index in [4.69, 9.17) is 14.4 Å². The Bertz CT molecular complexity index is 3860. The smallest absolute Gasteiger partial charge is 0.160 e. The average molecular weight is 779 g/mol. The lowest BCUT2D eigenvalue weighted by Crippen LogP contribution is -1.98. The van der Waals surface area contributed by atoms with E-state index in [1.54, 1.807) is 0 Å². The molecule has 0 fully saturated rings. The van der Waals surface area contributed by atoms with E-state index in [2.05, 4.69) is 197 Å². The fraction of sp³-hybridized carbons (Fsp3) is 0. The minimum Gasteiger partial charge on any atom is -0.455 e. The summed E-state index contributed by atoms with van der Waals surface area (Å²) >= 11 is 0. The maximum atomic E-state index is 6.76. The van der Waals surface area contributed by atoms with Gasteiger partial charge >= 0.3 is 0 Å². The van der Waals surface area contributed by atoms with Crippen molar-refractivity contribution in [2.45, 2.75) is 0 Å². The van der Waals surface area contributed by atoms with Gasteiger partial charge < -0.3 is 13.6 Å². The number of para-hydroxylation sites is 3. The van der Waals surface area contributed by atoms with Crippen LogP contribution in [0, 0.1) is 0 Å². The highest BCUT2D eigenvalue weighted by Gasteiger charge is 2.24. The van der Waals surface area contributed by atoms with Crippen molar-refractivity contribution in [2.24, 2.45) is 0 Å². The number of hydrogen-bond acceptors (Lipinski definition) is 3. The normalized spacial score (nSPS) is 11.9. The van der Waals surface area contributed by atoms with Gasteiger partial charge in [0.1, 0.15) is 11.2 Å². The van der Waals surface area contributed by atoms with Crippen LogP contribution in [-0.2, 0) is 0 Å². The van der Waals surface area contributed by atoms with Gasteiger partial charge in [-0.15, -0.1) is 0 Å². The lowest BCUT2D eigenvalue weighted by molar-refractivity contribution is 0.673. The van der Waals surface area contributed by atoms with Gasteiger partial charge in [0.15, 0.2) is 5.82 Å². The third kappa shape index (κ3) is 5.08. The maximum absolute atomic E-state index is 6.76. The molecule has 0 saturated carbocycles. The van der Waals surface area contributed by atoms with E-state index in [0.717, 1.165) is 93.9 Å². The van der Waals surface area contributed by atoms with Gasteiger partial charge in [-0.25, -0.2) is 9.97 Å². The van der Waals surface area contributed by atoms with Crippen molar-refractivity contribution in [2.75, 3.05) is 0 Å². The van der Waals surface area contributed by atoms with Crippen LogP contribution in [0.2, 0.25) is 0 Å². The molecule has 0 unspecified atom stereocenters. The zero-order valence-electron chi connectivity index (χ0n) is 32.8. The summed E-state index contributed by atoms with van der Waals surface area (Å²) in [7, 11) is 0. The first-order valence-corrected chi connectivity index (χ1v) is 20.7. The molecule has 13 rings (SSSR count). The summed E-state index contributed by atoms with van der Waals surface area (Å²) in [4.78, 5) is 10.4. The van der Waals surface area contributed by atoms with E-state index < -0.39 is 0 Å². The van der Waals surface area contributed by atoms with E-state index in [9.17, 15) is 0 Å². The highest BCUT2D eigenvalue weighted by atomic mass is 16.3. The minimum absolute atomic E-state index is 0.691. The molecule has 4 aromatic heterocycles. The summed E-state index contributed by atoms with van der Waals surface area (Å²) in [5.41, 5.74) is 14.6. The topological polar surface area (TPSA) is 48.8 Å². The first-order valence-electron chi connectivity index (χ1n) is 20.7. The Morgan fingerprint density at radius 1 is 0.361 bits per heavy atom. The van der Waals surface area contributed by atoms with Crippen molar-refractivity contribution in [1.29, 1.82) is 0 Å². The van der Waals surface area contributed by atoms with Crippen LogP contribution < -0.4 is 0 Å². The van der Waals surface area contributed by atoms with E-state index in [-0.39, 0.29) is 0 Å². The van der Waals surface area contributed by atoms with E-state index in [1.807, 2.05) is 18.2 Å². The fourth-order valence-electron chi connectivity index (χ4n) is 9.61. The Labute approximate surface area is 350 Å². The number of aromatic nitrogens is 4. The lowest BCUT2D eigenvalue weighted by atomic mass is 10.1. The first kappa shape index (κ1) is 33.7. The zero-order valence-corrected chi connectivity index (χ0v) is 32.8. The molecule has 5 heteroatoms. The van der Waals surface area contributed by atoms with Crippen LogP contribution in [0.4, 0.5) is 0 Å². The predicted octanol–water partition coefficient (Wildman–Crippen LogP) is 14.7. The molecule has 4 heterocycles. The van der Waals surface area contributed by atoms with Crippen molar-refractivity contribution in [3.63, 3.8) is 0 Å². The molecule has 0 atom stereocenters. The van der Waals surface area contributed by atoms with Gasteiger partial charge in [0.05, 0.1) is 38.7 Å². The summed E-state index contributed by atoms with van der Waals surface area (Å²) in [6.07, 6.45) is 0. The Balaban J connectivity index is 1.09. The van der Waals surface area contributed by atoms with Crippen molar-refractivity contribution in [3.8, 4) is 45.1 Å². The molecular formula is C56H34N4O. The fourth-order valence-corrected chi connectivity index (χ4v) is 9.61. The minimum atomic E-state index is 0.691. The molecular weight excluding hydrogens is 745 g/mol. The summed E-state index contributed by atoms with van der Waals surface area (Å²) in [6, 6.07) is 73.0. The largest absolute Gasteiger partial charge is 0.455 e. The summed E-state index contributed by atoms with van der Waals surface area (Å²) in [5.74, 6) is 0.691. The molecule has 0 N–H and O–H groups in total. The zero-order chi connectivity index (χ0) is 40.0. The highest BCUT2D eigenvalue weighted by Crippen LogP contribution is 2.46. The third-order valence-electron chi connectivity index (χ3n) is 12.3. The van der Waals surface area contributed by atoms with Gasteiger partial charge in [0.2, 0.25) is 0 Å². The van der Waals surface area contributed by atoms with Crippen LogP contribution in [0.1, 0.15) is 0 Å². The molecule has 0 bridgehead atoms. The van der Waals surface area contributed by atoms with Crippen LogP contribution in [0.15, 0.2) is 211 Å². The monoisotopic (exact) mass is 778 g/mol. The van der Waals surface area contributed by atoms with E-state index in [1.165, 1.54) is 21.9 Å². The average Bonchev–Trinajstić information content (AvgIpc) is 3.99. The second-order valence-electron chi connectivity index (χ2n) is 15.7. The number of furan rings is 1. The third-order valence-corrected chi connectivity index (χ3v) is 12.3. The molecule has 0 aliphatic carbocycles. The maximum Gasteiger partial charge on any atom is 0.160 e. The molecule has 0 amide bonds. The van der Waals surface area contributed by atoms with Gasteiger partial charge in [-0.2, -0.15) is 0 Å². The number of fused-ring (bicyclic) bond motifs is 12. The quantitative estimate of drug-likeness (QED) is 0.175. The Hall–Kier alpha value is -8.28. The lowest BCUT2D eigenvalue weighted by Gasteiger charge is -2.12. The first-order chi connectivity index (χ1) is 30.3. The van der Waals surface area contributed by atoms with Gasteiger partial charge in [-0.05, 0) is 77.9 Å². The standard InChI is InChI=1S/C56H34N4O/c1-3-14-35(15-4-1)36-26-28-39(29-27-36)60-49-32-30-42-41-20-9-12-25-50(41)61-55(42)52(49)45-31-33-48-51(54(45)60)44-22-8-11-24-47(44)59(48)40-19-13-18-38(34-40)56-57-46-23-10-7-21-43(46)53(58-56)37-16-5-2-6-17-37/h1-34H. The second-order valence-corrected chi connectivity index (χ2v) is 15.7. The van der Waals surface area contributed by atoms with Crippen molar-refractivity contribution in [3.05, 3.63) is 206 Å². The summed E-state index contributed by atoms with van der Waals surface area (Å²) < 4.78 is 11.6. The van der Waals surface area contributed by atoms with Crippen LogP contribution >= 0.6 is 0 Å². The van der Waals surface area contributed by atoms with Crippen molar-refractivity contribution >= 4 is 76.5 Å². The molecule has 13 aromatic rings. The molecule has 0 spiro atoms. The molecule has 0 aliphatic heterocycles. The van der Waals surface area contributed by atoms with Gasteiger partial charge in [-0.1, -0.05) is 140 Å². The van der Waals surface area contributed by atoms with Gasteiger partial charge in [-0.3, -0.25) is 0 Å². The summed E-state index contributed by atoms with van der Waals surface area (Å²) in [6.45, 7) is 0. The summed E-state index contributed by atoms with van der Waals surface area (Å²) in [5, 5.41) is 7.88. The van der Waals surface area contributed by atoms with Crippen LogP contribution in [0.5, 0.6) is 0 Å². The highest BCUT2D eigenvalue weighted by molar-refractivity contribution is 6.31. The van der Waals surface area contributed by atoms with Crippen molar-refractivity contribution < 1.29 is 4.42 Å². The molecule has 61 heavy (non-hydrogen) atoms. The molecule has 0 aliphatic rings. The number of nitrogens with zero attached hydrogens (tertiary/aromatic N) is 4. The number of hydrogen-bond donors (Lipinski definition) is 0. The predicted molar refractivity (Wildman–Crippen MR) is 252 cm³/mol. The van der Waals surface area contributed by atoms with Crippen LogP contribution in [0.3, 0.4) is 0 Å². The van der Waals surface area contributed by atoms with E-state index in [0.29, 0.717) is 5.82 Å². The van der Waals surface area contributed by atoms with Crippen molar-refractivity contribution in [1.82, 2.24) is 19.1 Å². The SMILES string of the molecule is c1ccc(-c2ccc(-n3c4ccc5c6ccccc6oc5c4c4ccc5c(c6ccccc6n5-c5cccc(-c6nc(-c7ccccc7)c7ccccc7n6)c5)c43)cc2)cc1.